The number of ether oxygens (including phenoxy) is 1. The Morgan fingerprint density at radius 3 is 3.06 bits per heavy atom. The molecule has 1 aliphatic heterocycles. The second kappa shape index (κ2) is 4.40. The summed E-state index contributed by atoms with van der Waals surface area (Å²) in [5.41, 5.74) is 8.34. The maximum absolute atomic E-state index is 6.22. The third-order valence-corrected chi connectivity index (χ3v) is 3.79. The molecule has 5 heteroatoms. The molecular formula is C13H14BrN3O. The summed E-state index contributed by atoms with van der Waals surface area (Å²) in [6, 6.07) is 5.98. The van der Waals surface area contributed by atoms with Crippen LogP contribution >= 0.6 is 15.9 Å². The predicted molar refractivity (Wildman–Crippen MR) is 72.3 cm³/mol. The Morgan fingerprint density at radius 2 is 2.33 bits per heavy atom. The Morgan fingerprint density at radius 1 is 1.50 bits per heavy atom. The molecule has 0 amide bonds. The van der Waals surface area contributed by atoms with Crippen molar-refractivity contribution in [2.24, 2.45) is 12.8 Å². The molecule has 94 valence electrons. The minimum atomic E-state index is -0.0331. The van der Waals surface area contributed by atoms with Crippen molar-refractivity contribution in [3.05, 3.63) is 46.5 Å². The molecule has 0 radical (unpaired) electrons. The summed E-state index contributed by atoms with van der Waals surface area (Å²) in [6.07, 6.45) is 4.35. The SMILES string of the molecule is Cn1cncc1C1C[C@@H](N)c2ccc(Br)cc2O1. The first kappa shape index (κ1) is 11.7. The molecule has 0 aliphatic carbocycles. The third kappa shape index (κ3) is 1.93. The van der Waals surface area contributed by atoms with E-state index in [-0.39, 0.29) is 12.1 Å². The van der Waals surface area contributed by atoms with Crippen molar-refractivity contribution in [1.82, 2.24) is 9.55 Å². The van der Waals surface area contributed by atoms with Crippen LogP contribution in [0.4, 0.5) is 0 Å². The summed E-state index contributed by atoms with van der Waals surface area (Å²) in [5.74, 6) is 0.856. The quantitative estimate of drug-likeness (QED) is 0.881. The number of aryl methyl sites for hydroxylation is 1. The van der Waals surface area contributed by atoms with Crippen molar-refractivity contribution in [1.29, 1.82) is 0 Å². The largest absolute Gasteiger partial charge is 0.484 e. The van der Waals surface area contributed by atoms with E-state index in [9.17, 15) is 0 Å². The van der Waals surface area contributed by atoms with Crippen molar-refractivity contribution in [2.75, 3.05) is 0 Å². The van der Waals surface area contributed by atoms with Crippen molar-refractivity contribution in [3.8, 4) is 5.75 Å². The fourth-order valence-electron chi connectivity index (χ4n) is 2.33. The van der Waals surface area contributed by atoms with E-state index >= 15 is 0 Å². The molecule has 0 saturated heterocycles. The van der Waals surface area contributed by atoms with Gasteiger partial charge in [0.2, 0.25) is 0 Å². The number of nitrogens with zero attached hydrogens (tertiary/aromatic N) is 2. The van der Waals surface area contributed by atoms with E-state index in [1.165, 1.54) is 0 Å². The van der Waals surface area contributed by atoms with Crippen molar-refractivity contribution in [3.63, 3.8) is 0 Å². The maximum Gasteiger partial charge on any atom is 0.142 e. The molecule has 3 rings (SSSR count). The highest BCUT2D eigenvalue weighted by Crippen LogP contribution is 2.40. The summed E-state index contributed by atoms with van der Waals surface area (Å²) in [6.45, 7) is 0. The van der Waals surface area contributed by atoms with E-state index in [4.69, 9.17) is 10.5 Å². The number of aromatic nitrogens is 2. The van der Waals surface area contributed by atoms with Gasteiger partial charge in [0.15, 0.2) is 0 Å². The minimum absolute atomic E-state index is 0.00162. The van der Waals surface area contributed by atoms with Gasteiger partial charge in [-0.1, -0.05) is 22.0 Å². The number of hydrogen-bond donors (Lipinski definition) is 1. The zero-order valence-electron chi connectivity index (χ0n) is 10.0. The predicted octanol–water partition coefficient (Wildman–Crippen LogP) is 2.71. The Hall–Kier alpha value is -1.33. The number of benzene rings is 1. The van der Waals surface area contributed by atoms with E-state index in [1.54, 1.807) is 6.33 Å². The van der Waals surface area contributed by atoms with E-state index in [1.807, 2.05) is 36.0 Å². The van der Waals surface area contributed by atoms with Crippen molar-refractivity contribution in [2.45, 2.75) is 18.6 Å². The van der Waals surface area contributed by atoms with Crippen LogP contribution in [-0.2, 0) is 7.05 Å². The Labute approximate surface area is 114 Å². The number of rotatable bonds is 1. The van der Waals surface area contributed by atoms with Crippen LogP contribution in [-0.4, -0.2) is 9.55 Å². The van der Waals surface area contributed by atoms with Gasteiger partial charge in [-0.25, -0.2) is 4.98 Å². The first-order chi connectivity index (χ1) is 8.65. The van der Waals surface area contributed by atoms with Crippen molar-refractivity contribution >= 4 is 15.9 Å². The first-order valence-electron chi connectivity index (χ1n) is 5.83. The molecule has 0 bridgehead atoms. The lowest BCUT2D eigenvalue weighted by Crippen LogP contribution is -2.25. The molecule has 2 atom stereocenters. The normalized spacial score (nSPS) is 22.4. The van der Waals surface area contributed by atoms with Gasteiger partial charge in [-0.2, -0.15) is 0 Å². The molecule has 1 aromatic heterocycles. The fraction of sp³-hybridized carbons (Fsp3) is 0.308. The summed E-state index contributed by atoms with van der Waals surface area (Å²) >= 11 is 3.46. The number of nitrogens with two attached hydrogens (primary N) is 1. The molecule has 0 spiro atoms. The summed E-state index contributed by atoms with van der Waals surface area (Å²) in [5, 5.41) is 0. The van der Waals surface area contributed by atoms with Gasteiger partial charge < -0.3 is 15.0 Å². The van der Waals surface area contributed by atoms with Crippen LogP contribution < -0.4 is 10.5 Å². The van der Waals surface area contributed by atoms with Gasteiger partial charge in [-0.15, -0.1) is 0 Å². The summed E-state index contributed by atoms with van der Waals surface area (Å²) < 4.78 is 9.01. The maximum atomic E-state index is 6.22. The molecular weight excluding hydrogens is 294 g/mol. The zero-order valence-corrected chi connectivity index (χ0v) is 11.6. The van der Waals surface area contributed by atoms with E-state index in [0.29, 0.717) is 0 Å². The standard InChI is InChI=1S/C13H14BrN3O/c1-17-7-16-6-11(17)13-5-10(15)9-3-2-8(14)4-12(9)18-13/h2-4,6-7,10,13H,5,15H2,1H3/t10-,13?/m1/s1. The highest BCUT2D eigenvalue weighted by Gasteiger charge is 2.28. The smallest absolute Gasteiger partial charge is 0.142 e. The minimum Gasteiger partial charge on any atom is -0.484 e. The molecule has 18 heavy (non-hydrogen) atoms. The second-order valence-corrected chi connectivity index (χ2v) is 5.48. The average Bonchev–Trinajstić information content (AvgIpc) is 2.74. The molecule has 1 aromatic carbocycles. The number of imidazole rings is 1. The molecule has 2 aromatic rings. The van der Waals surface area contributed by atoms with E-state index in [0.717, 1.165) is 27.9 Å². The van der Waals surface area contributed by atoms with Crippen LogP contribution in [0.1, 0.15) is 29.8 Å². The molecule has 2 N–H and O–H groups in total. The Bertz CT molecular complexity index is 581. The lowest BCUT2D eigenvalue weighted by molar-refractivity contribution is 0.154. The van der Waals surface area contributed by atoms with Gasteiger partial charge in [-0.05, 0) is 12.1 Å². The highest BCUT2D eigenvalue weighted by atomic mass is 79.9. The topological polar surface area (TPSA) is 53.1 Å². The molecule has 0 fully saturated rings. The molecule has 1 aliphatic rings. The van der Waals surface area contributed by atoms with Crippen LogP contribution in [0.2, 0.25) is 0 Å². The molecule has 2 heterocycles. The molecule has 1 unspecified atom stereocenters. The number of hydrogen-bond acceptors (Lipinski definition) is 3. The molecule has 4 nitrogen and oxygen atoms in total. The van der Waals surface area contributed by atoms with Gasteiger partial charge in [0, 0.05) is 29.5 Å². The van der Waals surface area contributed by atoms with Crippen LogP contribution in [0, 0.1) is 0 Å². The summed E-state index contributed by atoms with van der Waals surface area (Å²) in [4.78, 5) is 4.13. The monoisotopic (exact) mass is 307 g/mol. The zero-order chi connectivity index (χ0) is 12.7. The number of halogens is 1. The van der Waals surface area contributed by atoms with Gasteiger partial charge >= 0.3 is 0 Å². The fourth-order valence-corrected chi connectivity index (χ4v) is 2.67. The van der Waals surface area contributed by atoms with Gasteiger partial charge in [0.05, 0.1) is 18.2 Å². The van der Waals surface area contributed by atoms with Gasteiger partial charge in [0.25, 0.3) is 0 Å². The third-order valence-electron chi connectivity index (χ3n) is 3.30. The van der Waals surface area contributed by atoms with Crippen molar-refractivity contribution < 1.29 is 4.74 Å². The lowest BCUT2D eigenvalue weighted by atomic mass is 9.96. The van der Waals surface area contributed by atoms with Crippen LogP contribution in [0.3, 0.4) is 0 Å². The van der Waals surface area contributed by atoms with Gasteiger partial charge in [-0.3, -0.25) is 0 Å². The average molecular weight is 308 g/mol. The molecule has 0 saturated carbocycles. The van der Waals surface area contributed by atoms with E-state index in [2.05, 4.69) is 20.9 Å². The number of fused-ring (bicyclic) bond motifs is 1. The first-order valence-corrected chi connectivity index (χ1v) is 6.62. The van der Waals surface area contributed by atoms with Crippen LogP contribution in [0.5, 0.6) is 5.75 Å². The van der Waals surface area contributed by atoms with E-state index < -0.39 is 0 Å². The Balaban J connectivity index is 1.98. The van der Waals surface area contributed by atoms with Crippen LogP contribution in [0.15, 0.2) is 35.2 Å². The lowest BCUT2D eigenvalue weighted by Gasteiger charge is -2.30. The van der Waals surface area contributed by atoms with Gasteiger partial charge in [0.1, 0.15) is 11.9 Å². The van der Waals surface area contributed by atoms with Crippen LogP contribution in [0.25, 0.3) is 0 Å². The Kier molecular flexibility index (Phi) is 2.87. The second-order valence-electron chi connectivity index (χ2n) is 4.56. The summed E-state index contributed by atoms with van der Waals surface area (Å²) in [7, 11) is 1.97. The highest BCUT2D eigenvalue weighted by molar-refractivity contribution is 9.10.